The zero-order valence-electron chi connectivity index (χ0n) is 13.6. The Hall–Kier alpha value is -2.85. The normalized spacial score (nSPS) is 16.0. The van der Waals surface area contributed by atoms with Crippen LogP contribution in [0.1, 0.15) is 27.7 Å². The first kappa shape index (κ1) is 15.7. The van der Waals surface area contributed by atoms with E-state index in [1.165, 1.54) is 0 Å². The molecule has 1 aliphatic rings. The van der Waals surface area contributed by atoms with Gasteiger partial charge in [0.05, 0.1) is 11.9 Å². The SMILES string of the molecule is Cc1c(Cl)cccc1NC1c2ccccc2C(=O)N1c1cccnc1. The zero-order valence-corrected chi connectivity index (χ0v) is 14.4. The number of hydrogen-bond donors (Lipinski definition) is 1. The van der Waals surface area contributed by atoms with E-state index < -0.39 is 0 Å². The van der Waals surface area contributed by atoms with Gasteiger partial charge in [-0.25, -0.2) is 0 Å². The van der Waals surface area contributed by atoms with Crippen LogP contribution in [0.5, 0.6) is 0 Å². The van der Waals surface area contributed by atoms with Crippen molar-refractivity contribution in [1.29, 1.82) is 0 Å². The highest BCUT2D eigenvalue weighted by Crippen LogP contribution is 2.38. The van der Waals surface area contributed by atoms with E-state index in [0.717, 1.165) is 22.5 Å². The summed E-state index contributed by atoms with van der Waals surface area (Å²) in [5.74, 6) is -0.0409. The summed E-state index contributed by atoms with van der Waals surface area (Å²) in [7, 11) is 0. The fourth-order valence-corrected chi connectivity index (χ4v) is 3.31. The zero-order chi connectivity index (χ0) is 17.4. The highest BCUT2D eigenvalue weighted by Gasteiger charge is 2.37. The molecule has 1 unspecified atom stereocenters. The van der Waals surface area contributed by atoms with Gasteiger partial charge in [0.25, 0.3) is 5.91 Å². The number of carbonyl (C=O) groups excluding carboxylic acids is 1. The largest absolute Gasteiger partial charge is 0.361 e. The van der Waals surface area contributed by atoms with Crippen LogP contribution in [0.2, 0.25) is 5.02 Å². The summed E-state index contributed by atoms with van der Waals surface area (Å²) in [5, 5.41) is 4.17. The molecule has 0 aliphatic carbocycles. The van der Waals surface area contributed by atoms with Crippen LogP contribution in [0.15, 0.2) is 67.0 Å². The number of rotatable bonds is 3. The Morgan fingerprint density at radius 3 is 2.72 bits per heavy atom. The molecule has 0 saturated heterocycles. The van der Waals surface area contributed by atoms with Crippen LogP contribution in [0.4, 0.5) is 11.4 Å². The van der Waals surface area contributed by atoms with E-state index in [9.17, 15) is 4.79 Å². The number of nitrogens with zero attached hydrogens (tertiary/aromatic N) is 2. The summed E-state index contributed by atoms with van der Waals surface area (Å²) in [6, 6.07) is 17.1. The molecule has 0 spiro atoms. The maximum atomic E-state index is 13.0. The fourth-order valence-electron chi connectivity index (χ4n) is 3.13. The van der Waals surface area contributed by atoms with Crippen molar-refractivity contribution < 1.29 is 4.79 Å². The van der Waals surface area contributed by atoms with Crippen LogP contribution < -0.4 is 10.2 Å². The summed E-state index contributed by atoms with van der Waals surface area (Å²) >= 11 is 6.25. The molecule has 1 amide bonds. The fraction of sp³-hybridized carbons (Fsp3) is 0.100. The van der Waals surface area contributed by atoms with Crippen molar-refractivity contribution in [3.05, 3.63) is 88.7 Å². The van der Waals surface area contributed by atoms with Gasteiger partial charge in [0.1, 0.15) is 6.17 Å². The van der Waals surface area contributed by atoms with Crippen LogP contribution >= 0.6 is 11.6 Å². The lowest BCUT2D eigenvalue weighted by atomic mass is 10.1. The predicted molar refractivity (Wildman–Crippen MR) is 100 cm³/mol. The summed E-state index contributed by atoms with van der Waals surface area (Å²) < 4.78 is 0. The average Bonchev–Trinajstić information content (AvgIpc) is 2.92. The molecule has 1 aromatic heterocycles. The third kappa shape index (κ3) is 2.65. The van der Waals surface area contributed by atoms with Crippen molar-refractivity contribution in [2.24, 2.45) is 0 Å². The van der Waals surface area contributed by atoms with Gasteiger partial charge in [0, 0.05) is 28.0 Å². The van der Waals surface area contributed by atoms with Gasteiger partial charge < -0.3 is 5.32 Å². The molecule has 124 valence electrons. The van der Waals surface area contributed by atoms with Crippen molar-refractivity contribution in [1.82, 2.24) is 4.98 Å². The second kappa shape index (κ2) is 6.22. The Morgan fingerprint density at radius 2 is 1.92 bits per heavy atom. The van der Waals surface area contributed by atoms with Crippen molar-refractivity contribution in [3.63, 3.8) is 0 Å². The number of pyridine rings is 1. The quantitative estimate of drug-likeness (QED) is 0.737. The number of amides is 1. The summed E-state index contributed by atoms with van der Waals surface area (Å²) in [5.41, 5.74) is 4.24. The molecule has 1 N–H and O–H groups in total. The van der Waals surface area contributed by atoms with Gasteiger partial charge >= 0.3 is 0 Å². The number of benzene rings is 2. The van der Waals surface area contributed by atoms with Crippen LogP contribution in [-0.4, -0.2) is 10.9 Å². The van der Waals surface area contributed by atoms with E-state index in [2.05, 4.69) is 10.3 Å². The monoisotopic (exact) mass is 349 g/mol. The third-order valence-corrected chi connectivity index (χ3v) is 4.86. The number of fused-ring (bicyclic) bond motifs is 1. The van der Waals surface area contributed by atoms with E-state index in [1.54, 1.807) is 17.3 Å². The lowest BCUT2D eigenvalue weighted by Crippen LogP contribution is -2.32. The van der Waals surface area contributed by atoms with Gasteiger partial charge in [-0.1, -0.05) is 35.9 Å². The Balaban J connectivity index is 1.81. The molecule has 0 fully saturated rings. The minimum Gasteiger partial charge on any atom is -0.361 e. The Morgan fingerprint density at radius 1 is 1.08 bits per heavy atom. The molecule has 0 saturated carbocycles. The molecule has 1 aliphatic heterocycles. The second-order valence-corrected chi connectivity index (χ2v) is 6.34. The first-order valence-corrected chi connectivity index (χ1v) is 8.39. The molecule has 0 bridgehead atoms. The molecule has 1 atom stereocenters. The van der Waals surface area contributed by atoms with E-state index in [0.29, 0.717) is 10.6 Å². The minimum atomic E-state index is -0.315. The van der Waals surface area contributed by atoms with E-state index in [-0.39, 0.29) is 12.1 Å². The highest BCUT2D eigenvalue weighted by molar-refractivity contribution is 6.31. The van der Waals surface area contributed by atoms with Crippen molar-refractivity contribution in [2.45, 2.75) is 13.1 Å². The minimum absolute atomic E-state index is 0.0409. The van der Waals surface area contributed by atoms with Gasteiger partial charge in [-0.15, -0.1) is 0 Å². The number of anilines is 2. The Labute approximate surface area is 151 Å². The highest BCUT2D eigenvalue weighted by atomic mass is 35.5. The third-order valence-electron chi connectivity index (χ3n) is 4.45. The lowest BCUT2D eigenvalue weighted by Gasteiger charge is -2.27. The Kier molecular flexibility index (Phi) is 3.90. The number of hydrogen-bond acceptors (Lipinski definition) is 3. The summed E-state index contributed by atoms with van der Waals surface area (Å²) in [4.78, 5) is 18.9. The molecular weight excluding hydrogens is 334 g/mol. The van der Waals surface area contributed by atoms with Gasteiger partial charge in [-0.2, -0.15) is 0 Å². The second-order valence-electron chi connectivity index (χ2n) is 5.93. The molecule has 3 aromatic rings. The number of carbonyl (C=O) groups is 1. The van der Waals surface area contributed by atoms with Crippen molar-refractivity contribution in [2.75, 3.05) is 10.2 Å². The first-order chi connectivity index (χ1) is 12.2. The standard InChI is InChI=1S/C20H16ClN3O/c1-13-17(21)9-4-10-18(13)23-19-15-7-2-3-8-16(15)20(25)24(19)14-6-5-11-22-12-14/h2-12,19,23H,1H3. The van der Waals surface area contributed by atoms with Crippen LogP contribution in [0.25, 0.3) is 0 Å². The molecule has 4 nitrogen and oxygen atoms in total. The molecule has 2 heterocycles. The molecule has 25 heavy (non-hydrogen) atoms. The van der Waals surface area contributed by atoms with Gasteiger partial charge in [-0.05, 0) is 42.8 Å². The number of aromatic nitrogens is 1. The molecule has 4 rings (SSSR count). The van der Waals surface area contributed by atoms with Crippen LogP contribution in [0.3, 0.4) is 0 Å². The molecule has 0 radical (unpaired) electrons. The maximum Gasteiger partial charge on any atom is 0.260 e. The molecule has 5 heteroatoms. The van der Waals surface area contributed by atoms with Gasteiger partial charge in [0.15, 0.2) is 0 Å². The smallest absolute Gasteiger partial charge is 0.260 e. The van der Waals surface area contributed by atoms with Gasteiger partial charge in [0.2, 0.25) is 0 Å². The predicted octanol–water partition coefficient (Wildman–Crippen LogP) is 4.81. The van der Waals surface area contributed by atoms with Gasteiger partial charge in [-0.3, -0.25) is 14.7 Å². The lowest BCUT2D eigenvalue weighted by molar-refractivity contribution is 0.0993. The average molecular weight is 350 g/mol. The summed E-state index contributed by atoms with van der Waals surface area (Å²) in [6.07, 6.45) is 3.08. The van der Waals surface area contributed by atoms with E-state index in [4.69, 9.17) is 11.6 Å². The number of nitrogens with one attached hydrogen (secondary N) is 1. The van der Waals surface area contributed by atoms with Crippen LogP contribution in [0, 0.1) is 6.92 Å². The van der Waals surface area contributed by atoms with E-state index in [1.807, 2.05) is 61.5 Å². The van der Waals surface area contributed by atoms with Crippen molar-refractivity contribution in [3.8, 4) is 0 Å². The van der Waals surface area contributed by atoms with Crippen molar-refractivity contribution >= 4 is 28.9 Å². The molecule has 2 aromatic carbocycles. The summed E-state index contributed by atoms with van der Waals surface area (Å²) in [6.45, 7) is 1.96. The molecular formula is C20H16ClN3O. The van der Waals surface area contributed by atoms with Crippen LogP contribution in [-0.2, 0) is 0 Å². The number of halogens is 1. The van der Waals surface area contributed by atoms with E-state index >= 15 is 0 Å². The first-order valence-electron chi connectivity index (χ1n) is 8.01. The maximum absolute atomic E-state index is 13.0. The topological polar surface area (TPSA) is 45.2 Å². The Bertz CT molecular complexity index is 943.